The third-order valence-electron chi connectivity index (χ3n) is 11.6. The third kappa shape index (κ3) is 36.3. The third-order valence-corrected chi connectivity index (χ3v) is 19.5. The molecule has 56 heteroatoms. The van der Waals surface area contributed by atoms with Crippen LogP contribution in [-0.4, -0.2) is 164 Å². The smallest absolute Gasteiger partial charge is 0.862 e. The number of rotatable bonds is 31. The number of aromatic nitrogens is 3. The van der Waals surface area contributed by atoms with E-state index in [0.29, 0.717) is 29.8 Å². The average molecular weight is 1670 g/mol. The number of hydrogen-bond acceptors (Lipinski definition) is 37. The van der Waals surface area contributed by atoms with E-state index in [0.717, 1.165) is 60.8 Å². The van der Waals surface area contributed by atoms with E-state index in [4.69, 9.17) is 10.5 Å². The zero-order valence-electron chi connectivity index (χ0n) is 55.6. The number of nitro benzene ring substituents is 1. The van der Waals surface area contributed by atoms with Crippen molar-refractivity contribution in [1.82, 2.24) is 15.0 Å². The van der Waals surface area contributed by atoms with E-state index in [2.05, 4.69) is 65.6 Å². The van der Waals surface area contributed by atoms with E-state index in [1.54, 1.807) is 0 Å². The first-order chi connectivity index (χ1) is 44.4. The number of thioether (sulfide) groups is 2. The number of azo groups is 3. The molecule has 6 rings (SSSR count). The topological polar surface area (TPSA) is 670 Å². The van der Waals surface area contributed by atoms with Gasteiger partial charge in [-0.3, -0.25) is 39.6 Å². The number of nitrogens with zero attached hydrogens (tertiary/aromatic N) is 11. The van der Waals surface area contributed by atoms with Crippen LogP contribution in [0.3, 0.4) is 0 Å². The number of H-pyrrole nitrogens is 3. The molecule has 0 saturated heterocycles. The molecule has 103 heavy (non-hydrogen) atoms. The number of nitrogen functional groups attached to an aromatic ring is 1. The van der Waals surface area contributed by atoms with E-state index in [1.165, 1.54) is 25.1 Å². The van der Waals surface area contributed by atoms with Gasteiger partial charge in [0, 0.05) is 45.2 Å². The summed E-state index contributed by atoms with van der Waals surface area (Å²) in [5.74, 6) is -5.04. The van der Waals surface area contributed by atoms with Crippen LogP contribution in [0.25, 0.3) is 0 Å². The molecule has 520 valence electrons. The molecule has 0 unspecified atom stereocenters. The molecule has 0 amide bonds. The first kappa shape index (κ1) is 104. The van der Waals surface area contributed by atoms with Crippen LogP contribution >= 0.6 is 23.5 Å². The zero-order chi connectivity index (χ0) is 71.4. The van der Waals surface area contributed by atoms with Crippen LogP contribution < -0.4 is 239 Å². The van der Waals surface area contributed by atoms with Crippen molar-refractivity contribution in [3.05, 3.63) is 105 Å². The summed E-state index contributed by atoms with van der Waals surface area (Å²) in [6.45, 7) is 1.38. The van der Waals surface area contributed by atoms with Crippen LogP contribution in [0, 0.1) is 17.0 Å². The summed E-state index contributed by atoms with van der Waals surface area (Å²) >= 11 is 1.61. The van der Waals surface area contributed by atoms with Gasteiger partial charge in [-0.05, 0) is 111 Å². The number of aliphatic imine (C=N–C) groups is 1. The molecule has 1 aromatic heterocycles. The number of hydrogen-bond donors (Lipinski definition) is 5. The number of nitrogens with one attached hydrogen (secondary N) is 3. The molecule has 0 atom stereocenters. The molecular formula is C47H46N15Na7O25S9. The Bertz CT molecular complexity index is 5250. The van der Waals surface area contributed by atoms with Crippen LogP contribution in [0.5, 0.6) is 5.75 Å². The van der Waals surface area contributed by atoms with Gasteiger partial charge in [-0.1, -0.05) is 0 Å². The first-order valence-corrected chi connectivity index (χ1v) is 38.6. The van der Waals surface area contributed by atoms with Gasteiger partial charge in [-0.25, -0.2) is 60.5 Å². The van der Waals surface area contributed by atoms with Crippen molar-refractivity contribution in [3.8, 4) is 5.75 Å². The summed E-state index contributed by atoms with van der Waals surface area (Å²) in [6.07, 6.45) is -0.860. The Morgan fingerprint density at radius 3 is 1.45 bits per heavy atom. The van der Waals surface area contributed by atoms with Crippen molar-refractivity contribution in [2.75, 3.05) is 53.4 Å². The Labute approximate surface area is 751 Å². The van der Waals surface area contributed by atoms with Crippen molar-refractivity contribution in [2.24, 2.45) is 50.7 Å². The van der Waals surface area contributed by atoms with Crippen LogP contribution in [0.1, 0.15) is 31.7 Å². The number of nitro groups is 1. The largest absolute Gasteiger partial charge is 1.00 e. The number of anilines is 1. The minimum atomic E-state index is -5.49. The summed E-state index contributed by atoms with van der Waals surface area (Å²) in [6, 6.07) is 10.6. The fourth-order valence-corrected chi connectivity index (χ4v) is 13.3. The summed E-state index contributed by atoms with van der Waals surface area (Å²) < 4.78 is 252. The van der Waals surface area contributed by atoms with E-state index in [1.807, 2.05) is 0 Å². The quantitative estimate of drug-likeness (QED) is 0.00258. The summed E-state index contributed by atoms with van der Waals surface area (Å²) in [5, 5.41) is 49.4. The van der Waals surface area contributed by atoms with Crippen molar-refractivity contribution < 1.29 is 312 Å². The number of benzene rings is 5. The average Bonchev–Trinajstić information content (AvgIpc) is 0.804. The molecule has 6 aromatic rings. The van der Waals surface area contributed by atoms with E-state index in [9.17, 15) is 106 Å². The summed E-state index contributed by atoms with van der Waals surface area (Å²) in [5.41, 5.74) is 0.0821. The number of aryl methyl sites for hydroxylation is 1. The standard InChI is InChI=1S/C47H53N15O25S9.7Na/c1-26-18-30(48)40(87-11-3-14-90(66,67)68)23-32(26)57-60-38-22-34(51-46-53-45(49-10-17-93(75,76)77)54-47(55-46)52-39-20-29(94(78,79)80)7-9-43(39)95(81,82)83)36(25-42(38)89-13-5-16-92(72,73)74)59-61-37-21-33(50-27(2)63)35(24-41(37)88-12-4-15-91(69,70)71)58-56-31-8-6-28(62(64)65)19-44(31)96(84,85)86;;;;;;;/h6-9,18-25H,3-5,10-17,48H2,1-2H3,(H,50,63)(H,66,67,68)(H,69,70,71)(H,72,73,74)(H,75,76,77)(H,78,79,80)(H,81,82,83)(H,84,85,86)(H3,49,51,52,53,54,55);;;;;;;/q;7*+1/p-7. The molecule has 0 fully saturated rings. The van der Waals surface area contributed by atoms with Crippen LogP contribution in [0.4, 0.5) is 62.6 Å². The second-order valence-corrected chi connectivity index (χ2v) is 31.6. The van der Waals surface area contributed by atoms with E-state index >= 15 is 0 Å². The van der Waals surface area contributed by atoms with Gasteiger partial charge in [0.15, 0.2) is 0 Å². The van der Waals surface area contributed by atoms with Crippen molar-refractivity contribution >= 4 is 163 Å². The van der Waals surface area contributed by atoms with Crippen LogP contribution in [0.15, 0.2) is 148 Å². The van der Waals surface area contributed by atoms with Gasteiger partial charge >= 0.3 is 207 Å². The van der Waals surface area contributed by atoms with Crippen LogP contribution in [0.2, 0.25) is 0 Å². The molecule has 6 N–H and O–H groups in total. The van der Waals surface area contributed by atoms with Gasteiger partial charge in [-0.2, -0.15) is 13.5 Å². The van der Waals surface area contributed by atoms with Crippen molar-refractivity contribution in [3.63, 3.8) is 0 Å². The second kappa shape index (κ2) is 45.4. The van der Waals surface area contributed by atoms with Gasteiger partial charge in [0.25, 0.3) is 15.8 Å². The molecule has 0 aliphatic carbocycles. The Morgan fingerprint density at radius 2 is 0.971 bits per heavy atom. The number of ether oxygens (including phenoxy) is 1. The molecular weight excluding hydrogens is 1620 g/mol. The summed E-state index contributed by atoms with van der Waals surface area (Å²) in [4.78, 5) is 31.1. The maximum atomic E-state index is 12.7. The maximum absolute atomic E-state index is 12.7. The van der Waals surface area contributed by atoms with Gasteiger partial charge in [-0.15, -0.1) is 49.1 Å². The van der Waals surface area contributed by atoms with Gasteiger partial charge in [0.05, 0.1) is 103 Å². The SMILES string of the molecule is CC([O-])=Nc1cc(N=Nc2cc(SCCCS(=O)(=O)[O-])c(N=Nc3cc(OCCCS(=O)(=O)[O-])c(N)cc3C)cc2N=c2[nH]c(=NCCS(=O)(=O)[O-])[nH]c(=Nc3cc(S(=O)(=O)[O-])ccc3S(=O)(=O)O)[nH]2)c(SCCCS(=O)(=O)[O-])cc1N=Nc1ccc([N+](=O)[O-])cc1S(=O)(=O)[O-].[Na+].[Na+].[Na+].[Na+].[Na+].[Na+].[Na+]. The Balaban J connectivity index is 0. The fraction of sp³-hybridized carbons (Fsp3) is 0.277. The Morgan fingerprint density at radius 1 is 0.515 bits per heavy atom. The minimum absolute atomic E-state index is 0. The predicted octanol–water partition coefficient (Wildman–Crippen LogP) is -17.5. The van der Waals surface area contributed by atoms with Gasteiger partial charge < -0.3 is 42.9 Å². The van der Waals surface area contributed by atoms with E-state index in [-0.39, 0.29) is 288 Å². The number of aromatic amines is 3. The zero-order valence-corrected chi connectivity index (χ0v) is 77.0. The predicted molar refractivity (Wildman–Crippen MR) is 328 cm³/mol. The molecule has 0 spiro atoms. The van der Waals surface area contributed by atoms with Crippen molar-refractivity contribution in [2.45, 2.75) is 57.6 Å². The van der Waals surface area contributed by atoms with Gasteiger partial charge in [0.2, 0.25) is 16.9 Å². The molecule has 5 aromatic carbocycles. The number of nitrogens with two attached hydrogens (primary N) is 1. The molecule has 0 aliphatic rings. The normalized spacial score (nSPS) is 12.9. The van der Waals surface area contributed by atoms with E-state index < -0.39 is 177 Å². The fourth-order valence-electron chi connectivity index (χ4n) is 7.49. The first-order valence-electron chi connectivity index (χ1n) is 26.1. The number of non-ortho nitro benzene ring substituents is 1. The molecule has 40 nitrogen and oxygen atoms in total. The monoisotopic (exact) mass is 1670 g/mol. The van der Waals surface area contributed by atoms with Crippen molar-refractivity contribution in [1.29, 1.82) is 0 Å². The molecule has 0 bridgehead atoms. The van der Waals surface area contributed by atoms with Gasteiger partial charge in [0.1, 0.15) is 59.3 Å². The molecule has 0 radical (unpaired) electrons. The van der Waals surface area contributed by atoms with Crippen LogP contribution in [-0.2, 0) is 70.8 Å². The molecule has 0 saturated carbocycles. The maximum Gasteiger partial charge on any atom is 1.00 e. The molecule has 0 aliphatic heterocycles. The molecule has 1 heterocycles. The second-order valence-electron chi connectivity index (χ2n) is 19.1. The minimum Gasteiger partial charge on any atom is -0.862 e. The summed E-state index contributed by atoms with van der Waals surface area (Å²) in [7, 11) is -35.3. The Kier molecular flexibility index (Phi) is 45.8. The Hall–Kier alpha value is -1.15.